The van der Waals surface area contributed by atoms with E-state index in [1.54, 1.807) is 11.8 Å². The van der Waals surface area contributed by atoms with Crippen LogP contribution in [-0.4, -0.2) is 28.4 Å². The molecule has 0 radical (unpaired) electrons. The largest absolute Gasteiger partial charge is 0.378 e. The first-order valence-electron chi connectivity index (χ1n) is 4.20. The second-order valence-electron chi connectivity index (χ2n) is 2.70. The van der Waals surface area contributed by atoms with Crippen molar-refractivity contribution in [1.29, 1.82) is 0 Å². The molecular formula is C8H13N3O2. The summed E-state index contributed by atoms with van der Waals surface area (Å²) in [6.45, 7) is 3.18. The maximum Gasteiger partial charge on any atom is 0.172 e. The zero-order valence-corrected chi connectivity index (χ0v) is 7.86. The van der Waals surface area contributed by atoms with Crippen molar-refractivity contribution >= 4 is 6.29 Å². The predicted molar refractivity (Wildman–Crippen MR) is 46.4 cm³/mol. The van der Waals surface area contributed by atoms with Gasteiger partial charge in [0.1, 0.15) is 0 Å². The van der Waals surface area contributed by atoms with Crippen molar-refractivity contribution in [3.8, 4) is 0 Å². The standard InChI is InChI=1S/C8H13N3O2/c1-3-4-11-8(6-13-2)7(5-12)9-10-11/h5H,3-4,6H2,1-2H3. The number of hydrogen-bond donors (Lipinski definition) is 0. The fraction of sp³-hybridized carbons (Fsp3) is 0.625. The van der Waals surface area contributed by atoms with E-state index >= 15 is 0 Å². The molecule has 0 aliphatic rings. The minimum Gasteiger partial charge on any atom is -0.378 e. The Morgan fingerprint density at radius 3 is 2.92 bits per heavy atom. The molecule has 0 aliphatic heterocycles. The fourth-order valence-electron chi connectivity index (χ4n) is 1.11. The lowest BCUT2D eigenvalue weighted by Gasteiger charge is -2.03. The van der Waals surface area contributed by atoms with E-state index in [4.69, 9.17) is 4.74 Å². The van der Waals surface area contributed by atoms with Gasteiger partial charge in [0, 0.05) is 13.7 Å². The average Bonchev–Trinajstić information content (AvgIpc) is 2.50. The molecule has 0 aromatic carbocycles. The van der Waals surface area contributed by atoms with Crippen molar-refractivity contribution in [1.82, 2.24) is 15.0 Å². The number of aryl methyl sites for hydroxylation is 1. The Bertz CT molecular complexity index is 283. The van der Waals surface area contributed by atoms with E-state index in [1.807, 2.05) is 6.92 Å². The normalized spacial score (nSPS) is 10.3. The van der Waals surface area contributed by atoms with Crippen LogP contribution >= 0.6 is 0 Å². The third-order valence-electron chi connectivity index (χ3n) is 1.70. The van der Waals surface area contributed by atoms with Crippen LogP contribution in [0.4, 0.5) is 0 Å². The van der Waals surface area contributed by atoms with E-state index < -0.39 is 0 Å². The Labute approximate surface area is 76.7 Å². The summed E-state index contributed by atoms with van der Waals surface area (Å²) in [5.41, 5.74) is 1.12. The van der Waals surface area contributed by atoms with Crippen molar-refractivity contribution in [2.24, 2.45) is 0 Å². The van der Waals surface area contributed by atoms with Gasteiger partial charge in [-0.2, -0.15) is 0 Å². The van der Waals surface area contributed by atoms with Crippen molar-refractivity contribution in [3.63, 3.8) is 0 Å². The second kappa shape index (κ2) is 4.71. The van der Waals surface area contributed by atoms with E-state index in [-0.39, 0.29) is 0 Å². The number of hydrogen-bond acceptors (Lipinski definition) is 4. The predicted octanol–water partition coefficient (Wildman–Crippen LogP) is 0.647. The SMILES string of the molecule is CCCn1nnc(C=O)c1COC. The molecule has 0 unspecified atom stereocenters. The first-order chi connectivity index (χ1) is 6.33. The van der Waals surface area contributed by atoms with Crippen LogP contribution in [0.15, 0.2) is 0 Å². The summed E-state index contributed by atoms with van der Waals surface area (Å²) in [6, 6.07) is 0. The summed E-state index contributed by atoms with van der Waals surface area (Å²) in [6.07, 6.45) is 1.66. The quantitative estimate of drug-likeness (QED) is 0.629. The Morgan fingerprint density at radius 1 is 1.62 bits per heavy atom. The van der Waals surface area contributed by atoms with Gasteiger partial charge in [-0.3, -0.25) is 4.79 Å². The van der Waals surface area contributed by atoms with Crippen LogP contribution in [-0.2, 0) is 17.9 Å². The van der Waals surface area contributed by atoms with Gasteiger partial charge >= 0.3 is 0 Å². The second-order valence-corrected chi connectivity index (χ2v) is 2.70. The number of methoxy groups -OCH3 is 1. The lowest BCUT2D eigenvalue weighted by molar-refractivity contribution is 0.111. The van der Waals surface area contributed by atoms with Crippen LogP contribution in [0.3, 0.4) is 0 Å². The van der Waals surface area contributed by atoms with Crippen LogP contribution in [0.5, 0.6) is 0 Å². The molecule has 72 valence electrons. The fourth-order valence-corrected chi connectivity index (χ4v) is 1.11. The first kappa shape index (κ1) is 9.85. The molecule has 5 heteroatoms. The Kier molecular flexibility index (Phi) is 3.57. The van der Waals surface area contributed by atoms with Gasteiger partial charge < -0.3 is 4.74 Å². The highest BCUT2D eigenvalue weighted by molar-refractivity contribution is 5.73. The number of aromatic nitrogens is 3. The van der Waals surface area contributed by atoms with Crippen molar-refractivity contribution in [2.75, 3.05) is 7.11 Å². The van der Waals surface area contributed by atoms with Crippen LogP contribution in [0.2, 0.25) is 0 Å². The molecule has 13 heavy (non-hydrogen) atoms. The molecule has 0 bridgehead atoms. The number of rotatable bonds is 5. The molecule has 0 spiro atoms. The Hall–Kier alpha value is -1.23. The van der Waals surface area contributed by atoms with Gasteiger partial charge in [0.25, 0.3) is 0 Å². The highest BCUT2D eigenvalue weighted by atomic mass is 16.5. The molecule has 1 aromatic rings. The van der Waals surface area contributed by atoms with Crippen molar-refractivity contribution in [2.45, 2.75) is 26.5 Å². The molecule has 0 fully saturated rings. The minimum atomic E-state index is 0.371. The monoisotopic (exact) mass is 183 g/mol. The molecule has 1 rings (SSSR count). The van der Waals surface area contributed by atoms with E-state index in [0.29, 0.717) is 18.6 Å². The Balaban J connectivity index is 2.91. The molecule has 1 aromatic heterocycles. The summed E-state index contributed by atoms with van der Waals surface area (Å²) in [4.78, 5) is 10.5. The molecule has 1 heterocycles. The van der Waals surface area contributed by atoms with E-state index in [0.717, 1.165) is 18.7 Å². The molecule has 0 aliphatic carbocycles. The molecule has 0 atom stereocenters. The highest BCUT2D eigenvalue weighted by Crippen LogP contribution is 2.05. The summed E-state index contributed by atoms with van der Waals surface area (Å²) in [5.74, 6) is 0. The average molecular weight is 183 g/mol. The summed E-state index contributed by atoms with van der Waals surface area (Å²) >= 11 is 0. The van der Waals surface area contributed by atoms with Gasteiger partial charge in [-0.1, -0.05) is 12.1 Å². The van der Waals surface area contributed by atoms with Gasteiger partial charge in [-0.15, -0.1) is 5.10 Å². The zero-order chi connectivity index (χ0) is 9.68. The lowest BCUT2D eigenvalue weighted by Crippen LogP contribution is -2.06. The van der Waals surface area contributed by atoms with Crippen molar-refractivity contribution < 1.29 is 9.53 Å². The molecular weight excluding hydrogens is 170 g/mol. The third-order valence-corrected chi connectivity index (χ3v) is 1.70. The summed E-state index contributed by atoms with van der Waals surface area (Å²) in [5, 5.41) is 7.59. The first-order valence-corrected chi connectivity index (χ1v) is 4.20. The number of carbonyl (C=O) groups is 1. The smallest absolute Gasteiger partial charge is 0.172 e. The number of ether oxygens (including phenoxy) is 1. The summed E-state index contributed by atoms with van der Waals surface area (Å²) < 4.78 is 6.66. The molecule has 0 saturated carbocycles. The van der Waals surface area contributed by atoms with E-state index in [9.17, 15) is 4.79 Å². The number of carbonyl (C=O) groups excluding carboxylic acids is 1. The molecule has 0 saturated heterocycles. The van der Waals surface area contributed by atoms with Crippen LogP contribution in [0.25, 0.3) is 0 Å². The van der Waals surface area contributed by atoms with Gasteiger partial charge in [-0.25, -0.2) is 4.68 Å². The molecule has 5 nitrogen and oxygen atoms in total. The number of nitrogens with zero attached hydrogens (tertiary/aromatic N) is 3. The molecule has 0 amide bonds. The third kappa shape index (κ3) is 2.12. The van der Waals surface area contributed by atoms with Gasteiger partial charge in [0.15, 0.2) is 12.0 Å². The minimum absolute atomic E-state index is 0.371. The van der Waals surface area contributed by atoms with Crippen molar-refractivity contribution in [3.05, 3.63) is 11.4 Å². The summed E-state index contributed by atoms with van der Waals surface area (Å²) in [7, 11) is 1.58. The topological polar surface area (TPSA) is 57.0 Å². The number of aldehydes is 1. The maximum absolute atomic E-state index is 10.5. The van der Waals surface area contributed by atoms with E-state index in [2.05, 4.69) is 10.3 Å². The van der Waals surface area contributed by atoms with Gasteiger partial charge in [-0.05, 0) is 6.42 Å². The zero-order valence-electron chi connectivity index (χ0n) is 7.86. The maximum atomic E-state index is 10.5. The molecule has 0 N–H and O–H groups in total. The van der Waals surface area contributed by atoms with Crippen LogP contribution in [0, 0.1) is 0 Å². The highest BCUT2D eigenvalue weighted by Gasteiger charge is 2.10. The van der Waals surface area contributed by atoms with Crippen LogP contribution in [0.1, 0.15) is 29.5 Å². The van der Waals surface area contributed by atoms with Gasteiger partial charge in [0.2, 0.25) is 0 Å². The van der Waals surface area contributed by atoms with Crippen LogP contribution < -0.4 is 0 Å². The van der Waals surface area contributed by atoms with E-state index in [1.165, 1.54) is 0 Å². The Morgan fingerprint density at radius 2 is 2.38 bits per heavy atom. The van der Waals surface area contributed by atoms with Gasteiger partial charge in [0.05, 0.1) is 12.3 Å². The lowest BCUT2D eigenvalue weighted by atomic mass is 10.3.